The van der Waals surface area contributed by atoms with Crippen molar-refractivity contribution >= 4 is 6.16 Å². The number of hydrogen-bond donors (Lipinski definition) is 1. The molecule has 0 saturated heterocycles. The van der Waals surface area contributed by atoms with Gasteiger partial charge in [-0.05, 0) is 42.5 Å². The highest BCUT2D eigenvalue weighted by atomic mass is 16.7. The van der Waals surface area contributed by atoms with Gasteiger partial charge >= 0.3 is 6.16 Å². The van der Waals surface area contributed by atoms with Crippen LogP contribution in [0.3, 0.4) is 0 Å². The maximum absolute atomic E-state index is 10.5. The summed E-state index contributed by atoms with van der Waals surface area (Å²) in [6, 6.07) is 3.62. The van der Waals surface area contributed by atoms with Crippen LogP contribution in [-0.2, 0) is 12.8 Å². The Kier molecular flexibility index (Phi) is 3.72. The monoisotopic (exact) mass is 208 g/mol. The molecule has 3 heteroatoms. The van der Waals surface area contributed by atoms with Gasteiger partial charge in [-0.3, -0.25) is 0 Å². The molecule has 0 bridgehead atoms. The number of rotatable bonds is 3. The first kappa shape index (κ1) is 11.6. The van der Waals surface area contributed by atoms with Crippen molar-refractivity contribution in [1.82, 2.24) is 0 Å². The first-order chi connectivity index (χ1) is 7.10. The standard InChI is InChI=1S/C12H16O3/c1-4-9-8(3)6-7-11(10(9)5-2)15-12(13)14/h6-7H,4-5H2,1-3H3,(H,13,14). The third-order valence-corrected chi connectivity index (χ3v) is 2.53. The van der Waals surface area contributed by atoms with Crippen LogP contribution in [0.15, 0.2) is 12.1 Å². The van der Waals surface area contributed by atoms with Crippen LogP contribution >= 0.6 is 0 Å². The van der Waals surface area contributed by atoms with Crippen LogP contribution in [0.2, 0.25) is 0 Å². The highest BCUT2D eigenvalue weighted by Gasteiger charge is 2.11. The van der Waals surface area contributed by atoms with Gasteiger partial charge in [-0.15, -0.1) is 0 Å². The summed E-state index contributed by atoms with van der Waals surface area (Å²) in [7, 11) is 0. The second-order valence-corrected chi connectivity index (χ2v) is 3.41. The topological polar surface area (TPSA) is 46.5 Å². The first-order valence-corrected chi connectivity index (χ1v) is 5.12. The zero-order valence-electron chi connectivity index (χ0n) is 9.33. The van der Waals surface area contributed by atoms with Crippen LogP contribution in [0.1, 0.15) is 30.5 Å². The van der Waals surface area contributed by atoms with Gasteiger partial charge in [0.05, 0.1) is 0 Å². The molecule has 3 nitrogen and oxygen atoms in total. The molecule has 82 valence electrons. The Bertz CT molecular complexity index is 369. The molecule has 0 amide bonds. The lowest BCUT2D eigenvalue weighted by Crippen LogP contribution is -2.07. The van der Waals surface area contributed by atoms with Crippen molar-refractivity contribution < 1.29 is 14.6 Å². The summed E-state index contributed by atoms with van der Waals surface area (Å²) in [4.78, 5) is 10.5. The van der Waals surface area contributed by atoms with Gasteiger partial charge in [0.25, 0.3) is 0 Å². The Balaban J connectivity index is 3.22. The van der Waals surface area contributed by atoms with Gasteiger partial charge in [0.15, 0.2) is 0 Å². The van der Waals surface area contributed by atoms with Crippen LogP contribution in [-0.4, -0.2) is 11.3 Å². The Morgan fingerprint density at radius 1 is 1.27 bits per heavy atom. The zero-order valence-corrected chi connectivity index (χ0v) is 9.33. The molecule has 0 atom stereocenters. The van der Waals surface area contributed by atoms with Crippen molar-refractivity contribution in [3.8, 4) is 5.75 Å². The van der Waals surface area contributed by atoms with Crippen LogP contribution in [0.4, 0.5) is 4.79 Å². The average Bonchev–Trinajstić information content (AvgIpc) is 2.19. The molecule has 0 spiro atoms. The van der Waals surface area contributed by atoms with Gasteiger partial charge in [-0.25, -0.2) is 4.79 Å². The number of carboxylic acid groups (broad SMARTS) is 1. The molecule has 0 aromatic heterocycles. The maximum Gasteiger partial charge on any atom is 0.511 e. The molecule has 1 aromatic carbocycles. The van der Waals surface area contributed by atoms with E-state index in [9.17, 15) is 4.79 Å². The number of aryl methyl sites for hydroxylation is 1. The fourth-order valence-corrected chi connectivity index (χ4v) is 1.86. The van der Waals surface area contributed by atoms with Gasteiger partial charge in [0.1, 0.15) is 5.75 Å². The third kappa shape index (κ3) is 2.49. The molecule has 15 heavy (non-hydrogen) atoms. The Morgan fingerprint density at radius 3 is 2.33 bits per heavy atom. The normalized spacial score (nSPS) is 10.1. The SMILES string of the molecule is CCc1c(C)ccc(OC(=O)O)c1CC. The molecule has 0 radical (unpaired) electrons. The summed E-state index contributed by atoms with van der Waals surface area (Å²) in [6.45, 7) is 6.09. The third-order valence-electron chi connectivity index (χ3n) is 2.53. The molecule has 0 fully saturated rings. The molecular formula is C12H16O3. The van der Waals surface area contributed by atoms with Gasteiger partial charge in [0, 0.05) is 0 Å². The van der Waals surface area contributed by atoms with E-state index in [0.29, 0.717) is 5.75 Å². The molecule has 0 aliphatic heterocycles. The molecule has 1 aromatic rings. The largest absolute Gasteiger partial charge is 0.511 e. The van der Waals surface area contributed by atoms with Crippen LogP contribution in [0, 0.1) is 6.92 Å². The second-order valence-electron chi connectivity index (χ2n) is 3.41. The van der Waals surface area contributed by atoms with Gasteiger partial charge in [-0.2, -0.15) is 0 Å². The fourth-order valence-electron chi connectivity index (χ4n) is 1.86. The number of hydrogen-bond acceptors (Lipinski definition) is 2. The van der Waals surface area contributed by atoms with Gasteiger partial charge in [0.2, 0.25) is 0 Å². The van der Waals surface area contributed by atoms with Crippen LogP contribution in [0.25, 0.3) is 0 Å². The first-order valence-electron chi connectivity index (χ1n) is 5.12. The quantitative estimate of drug-likeness (QED) is 0.613. The lowest BCUT2D eigenvalue weighted by atomic mass is 9.97. The number of carbonyl (C=O) groups is 1. The van der Waals surface area contributed by atoms with E-state index in [2.05, 4.69) is 6.92 Å². The summed E-state index contributed by atoms with van der Waals surface area (Å²) in [5.74, 6) is 0.465. The van der Waals surface area contributed by atoms with E-state index in [1.165, 1.54) is 11.1 Å². The Labute approximate surface area is 89.7 Å². The molecule has 1 rings (SSSR count). The van der Waals surface area contributed by atoms with E-state index in [4.69, 9.17) is 9.84 Å². The lowest BCUT2D eigenvalue weighted by Gasteiger charge is -2.13. The molecule has 0 saturated carbocycles. The summed E-state index contributed by atoms with van der Waals surface area (Å²) in [5.41, 5.74) is 3.38. The predicted octanol–water partition coefficient (Wildman–Crippen LogP) is 3.18. The molecular weight excluding hydrogens is 192 g/mol. The summed E-state index contributed by atoms with van der Waals surface area (Å²) in [6.07, 6.45) is 0.426. The molecule has 0 aliphatic rings. The van der Waals surface area contributed by atoms with Gasteiger partial charge < -0.3 is 9.84 Å². The van der Waals surface area contributed by atoms with E-state index >= 15 is 0 Å². The fraction of sp³-hybridized carbons (Fsp3) is 0.417. The Hall–Kier alpha value is -1.51. The molecule has 0 heterocycles. The van der Waals surface area contributed by atoms with E-state index < -0.39 is 6.16 Å². The van der Waals surface area contributed by atoms with Crippen molar-refractivity contribution in [2.45, 2.75) is 33.6 Å². The summed E-state index contributed by atoms with van der Waals surface area (Å²) < 4.78 is 4.75. The van der Waals surface area contributed by atoms with Gasteiger partial charge in [-0.1, -0.05) is 19.9 Å². The highest BCUT2D eigenvalue weighted by molar-refractivity contribution is 5.63. The van der Waals surface area contributed by atoms with Crippen molar-refractivity contribution in [1.29, 1.82) is 0 Å². The van der Waals surface area contributed by atoms with E-state index in [-0.39, 0.29) is 0 Å². The zero-order chi connectivity index (χ0) is 11.4. The van der Waals surface area contributed by atoms with Crippen molar-refractivity contribution in [2.24, 2.45) is 0 Å². The van der Waals surface area contributed by atoms with E-state index in [1.54, 1.807) is 6.07 Å². The maximum atomic E-state index is 10.5. The van der Waals surface area contributed by atoms with Crippen LogP contribution < -0.4 is 4.74 Å². The predicted molar refractivity (Wildman–Crippen MR) is 58.6 cm³/mol. The van der Waals surface area contributed by atoms with E-state index in [0.717, 1.165) is 18.4 Å². The minimum absolute atomic E-state index is 0.465. The highest BCUT2D eigenvalue weighted by Crippen LogP contribution is 2.26. The Morgan fingerprint density at radius 2 is 1.87 bits per heavy atom. The lowest BCUT2D eigenvalue weighted by molar-refractivity contribution is 0.144. The second kappa shape index (κ2) is 4.82. The summed E-state index contributed by atoms with van der Waals surface area (Å²) in [5, 5.41) is 8.60. The number of ether oxygens (including phenoxy) is 1. The van der Waals surface area contributed by atoms with Crippen molar-refractivity contribution in [2.75, 3.05) is 0 Å². The smallest absolute Gasteiger partial charge is 0.449 e. The number of benzene rings is 1. The minimum Gasteiger partial charge on any atom is -0.449 e. The molecule has 1 N–H and O–H groups in total. The van der Waals surface area contributed by atoms with Crippen molar-refractivity contribution in [3.63, 3.8) is 0 Å². The van der Waals surface area contributed by atoms with Crippen LogP contribution in [0.5, 0.6) is 5.75 Å². The molecule has 0 unspecified atom stereocenters. The minimum atomic E-state index is -1.25. The average molecular weight is 208 g/mol. The summed E-state index contributed by atoms with van der Waals surface area (Å²) >= 11 is 0. The van der Waals surface area contributed by atoms with E-state index in [1.807, 2.05) is 19.9 Å². The molecule has 0 aliphatic carbocycles. The van der Waals surface area contributed by atoms with Crippen molar-refractivity contribution in [3.05, 3.63) is 28.8 Å².